The Labute approximate surface area is 144 Å². The third-order valence-electron chi connectivity index (χ3n) is 3.79. The van der Waals surface area contributed by atoms with Crippen LogP contribution in [0.3, 0.4) is 0 Å². The number of nitrogens with zero attached hydrogens (tertiary/aromatic N) is 1. The zero-order valence-electron chi connectivity index (χ0n) is 13.3. The molecule has 5 nitrogen and oxygen atoms in total. The summed E-state index contributed by atoms with van der Waals surface area (Å²) >= 11 is 0. The number of carbonyl (C=O) groups is 1. The van der Waals surface area contributed by atoms with Gasteiger partial charge in [0.1, 0.15) is 5.52 Å². The number of hydrogen-bond donors (Lipinski definition) is 2. The van der Waals surface area contributed by atoms with E-state index in [0.29, 0.717) is 17.1 Å². The maximum absolute atomic E-state index is 12.4. The van der Waals surface area contributed by atoms with Crippen LogP contribution in [0.1, 0.15) is 15.9 Å². The lowest BCUT2D eigenvalue weighted by Crippen LogP contribution is -2.09. The monoisotopic (exact) mass is 329 g/mol. The van der Waals surface area contributed by atoms with E-state index in [9.17, 15) is 4.79 Å². The van der Waals surface area contributed by atoms with Crippen molar-refractivity contribution in [3.8, 4) is 0 Å². The molecule has 0 saturated heterocycles. The molecule has 25 heavy (non-hydrogen) atoms. The van der Waals surface area contributed by atoms with Crippen molar-refractivity contribution in [2.24, 2.45) is 0 Å². The Morgan fingerprint density at radius 1 is 0.760 bits per heavy atom. The van der Waals surface area contributed by atoms with E-state index in [1.807, 2.05) is 66.7 Å². The maximum Gasteiger partial charge on any atom is 0.314 e. The molecule has 1 aromatic heterocycles. The summed E-state index contributed by atoms with van der Waals surface area (Å²) in [4.78, 5) is 16.7. The second-order valence-corrected chi connectivity index (χ2v) is 5.51. The zero-order valence-corrected chi connectivity index (χ0v) is 13.3. The smallest absolute Gasteiger partial charge is 0.314 e. The molecule has 1 heterocycles. The van der Waals surface area contributed by atoms with E-state index in [0.717, 1.165) is 16.8 Å². The Kier molecular flexibility index (Phi) is 3.88. The van der Waals surface area contributed by atoms with Gasteiger partial charge in [0.2, 0.25) is 0 Å². The second-order valence-electron chi connectivity index (χ2n) is 5.51. The van der Waals surface area contributed by atoms with Gasteiger partial charge in [-0.3, -0.25) is 15.6 Å². The quantitative estimate of drug-likeness (QED) is 0.417. The Morgan fingerprint density at radius 3 is 2.20 bits per heavy atom. The van der Waals surface area contributed by atoms with E-state index in [1.54, 1.807) is 12.1 Å². The maximum atomic E-state index is 12.4. The van der Waals surface area contributed by atoms with Crippen LogP contribution >= 0.6 is 0 Å². The van der Waals surface area contributed by atoms with E-state index in [-0.39, 0.29) is 5.78 Å². The molecular weight excluding hydrogens is 314 g/mol. The molecule has 0 aliphatic carbocycles. The van der Waals surface area contributed by atoms with Gasteiger partial charge in [-0.1, -0.05) is 42.5 Å². The van der Waals surface area contributed by atoms with Crippen LogP contribution in [-0.2, 0) is 0 Å². The third kappa shape index (κ3) is 3.21. The van der Waals surface area contributed by atoms with Crippen molar-refractivity contribution in [2.75, 3.05) is 10.9 Å². The summed E-state index contributed by atoms with van der Waals surface area (Å²) in [5, 5.41) is 0. The number of ketones is 1. The van der Waals surface area contributed by atoms with Crippen LogP contribution < -0.4 is 10.9 Å². The topological polar surface area (TPSA) is 67.2 Å². The number of hydrazine groups is 1. The zero-order chi connectivity index (χ0) is 17.1. The van der Waals surface area contributed by atoms with E-state index < -0.39 is 0 Å². The Hall–Kier alpha value is -3.60. The van der Waals surface area contributed by atoms with Gasteiger partial charge >= 0.3 is 6.01 Å². The molecule has 0 aliphatic rings. The van der Waals surface area contributed by atoms with Crippen LogP contribution in [0, 0.1) is 0 Å². The van der Waals surface area contributed by atoms with Crippen molar-refractivity contribution in [3.63, 3.8) is 0 Å². The van der Waals surface area contributed by atoms with Crippen molar-refractivity contribution in [3.05, 3.63) is 90.0 Å². The Bertz CT molecular complexity index is 975. The molecule has 0 spiro atoms. The lowest BCUT2D eigenvalue weighted by Gasteiger charge is -2.07. The van der Waals surface area contributed by atoms with Gasteiger partial charge in [0, 0.05) is 11.1 Å². The predicted molar refractivity (Wildman–Crippen MR) is 97.6 cm³/mol. The predicted octanol–water partition coefficient (Wildman–Crippen LogP) is 4.50. The van der Waals surface area contributed by atoms with Gasteiger partial charge in [0.25, 0.3) is 0 Å². The molecule has 5 heteroatoms. The summed E-state index contributed by atoms with van der Waals surface area (Å²) in [5.74, 6) is -0.000870. The molecule has 122 valence electrons. The summed E-state index contributed by atoms with van der Waals surface area (Å²) < 4.78 is 5.57. The molecule has 4 aromatic rings. The van der Waals surface area contributed by atoms with E-state index in [1.165, 1.54) is 0 Å². The first-order valence-electron chi connectivity index (χ1n) is 7.87. The molecule has 3 aromatic carbocycles. The van der Waals surface area contributed by atoms with Gasteiger partial charge < -0.3 is 4.42 Å². The number of carbonyl (C=O) groups excluding carboxylic acids is 1. The van der Waals surface area contributed by atoms with Crippen LogP contribution in [0.4, 0.5) is 11.7 Å². The fraction of sp³-hybridized carbons (Fsp3) is 0. The average Bonchev–Trinajstić information content (AvgIpc) is 3.10. The first-order valence-corrected chi connectivity index (χ1v) is 7.87. The highest BCUT2D eigenvalue weighted by Crippen LogP contribution is 2.19. The number of aromatic nitrogens is 1. The van der Waals surface area contributed by atoms with Crippen LogP contribution in [-0.4, -0.2) is 10.8 Å². The summed E-state index contributed by atoms with van der Waals surface area (Å²) in [6, 6.07) is 24.4. The van der Waals surface area contributed by atoms with Crippen LogP contribution in [0.25, 0.3) is 11.1 Å². The minimum atomic E-state index is -0.000870. The molecule has 0 amide bonds. The number of benzene rings is 3. The number of oxazole rings is 1. The largest absolute Gasteiger partial charge is 0.422 e. The first-order chi connectivity index (χ1) is 12.3. The summed E-state index contributed by atoms with van der Waals surface area (Å²) in [6.07, 6.45) is 0. The van der Waals surface area contributed by atoms with Gasteiger partial charge in [-0.2, -0.15) is 4.98 Å². The SMILES string of the molecule is O=C(c1ccccc1)c1ccc(NNc2nc3ccccc3o2)cc1. The lowest BCUT2D eigenvalue weighted by atomic mass is 10.0. The molecule has 0 fully saturated rings. The van der Waals surface area contributed by atoms with E-state index in [4.69, 9.17) is 4.42 Å². The lowest BCUT2D eigenvalue weighted by molar-refractivity contribution is 0.103. The molecule has 0 unspecified atom stereocenters. The number of nitrogens with one attached hydrogen (secondary N) is 2. The van der Waals surface area contributed by atoms with Crippen molar-refractivity contribution >= 4 is 28.6 Å². The van der Waals surface area contributed by atoms with Gasteiger partial charge in [0.05, 0.1) is 5.69 Å². The molecule has 0 radical (unpaired) electrons. The van der Waals surface area contributed by atoms with E-state index in [2.05, 4.69) is 15.8 Å². The van der Waals surface area contributed by atoms with Crippen molar-refractivity contribution in [1.29, 1.82) is 0 Å². The average molecular weight is 329 g/mol. The Balaban J connectivity index is 1.44. The summed E-state index contributed by atoms with van der Waals surface area (Å²) in [5.41, 5.74) is 9.54. The standard InChI is InChI=1S/C20H15N3O2/c24-19(14-6-2-1-3-7-14)15-10-12-16(13-11-15)22-23-20-21-17-8-4-5-9-18(17)25-20/h1-13,22H,(H,21,23). The van der Waals surface area contributed by atoms with E-state index >= 15 is 0 Å². The Morgan fingerprint density at radius 2 is 1.44 bits per heavy atom. The molecular formula is C20H15N3O2. The van der Waals surface area contributed by atoms with Crippen molar-refractivity contribution < 1.29 is 9.21 Å². The molecule has 0 saturated carbocycles. The fourth-order valence-corrected chi connectivity index (χ4v) is 2.51. The van der Waals surface area contributed by atoms with Gasteiger partial charge in [-0.15, -0.1) is 0 Å². The first kappa shape index (κ1) is 15.0. The van der Waals surface area contributed by atoms with Crippen LogP contribution in [0.2, 0.25) is 0 Å². The fourth-order valence-electron chi connectivity index (χ4n) is 2.51. The van der Waals surface area contributed by atoms with Gasteiger partial charge in [-0.05, 0) is 36.4 Å². The highest BCUT2D eigenvalue weighted by molar-refractivity contribution is 6.09. The van der Waals surface area contributed by atoms with Crippen molar-refractivity contribution in [1.82, 2.24) is 4.98 Å². The molecule has 0 aliphatic heterocycles. The molecule has 2 N–H and O–H groups in total. The highest BCUT2D eigenvalue weighted by Gasteiger charge is 2.08. The van der Waals surface area contributed by atoms with Gasteiger partial charge in [-0.25, -0.2) is 0 Å². The molecule has 0 bridgehead atoms. The number of para-hydroxylation sites is 2. The number of anilines is 2. The number of rotatable bonds is 5. The summed E-state index contributed by atoms with van der Waals surface area (Å²) in [6.45, 7) is 0. The normalized spacial score (nSPS) is 10.6. The number of fused-ring (bicyclic) bond motifs is 1. The second kappa shape index (κ2) is 6.49. The third-order valence-corrected chi connectivity index (χ3v) is 3.79. The highest BCUT2D eigenvalue weighted by atomic mass is 16.4. The number of hydrogen-bond acceptors (Lipinski definition) is 5. The minimum Gasteiger partial charge on any atom is -0.422 e. The van der Waals surface area contributed by atoms with Crippen molar-refractivity contribution in [2.45, 2.75) is 0 Å². The minimum absolute atomic E-state index is 0.000870. The molecule has 4 rings (SSSR count). The van der Waals surface area contributed by atoms with Gasteiger partial charge in [0.15, 0.2) is 11.4 Å². The molecule has 0 atom stereocenters. The van der Waals surface area contributed by atoms with Crippen LogP contribution in [0.15, 0.2) is 83.3 Å². The summed E-state index contributed by atoms with van der Waals surface area (Å²) in [7, 11) is 0. The van der Waals surface area contributed by atoms with Crippen LogP contribution in [0.5, 0.6) is 0 Å².